The molecule has 1 unspecified atom stereocenters. The summed E-state index contributed by atoms with van der Waals surface area (Å²) in [6.07, 6.45) is 7.67. The van der Waals surface area contributed by atoms with Crippen LogP contribution >= 0.6 is 0 Å². The maximum Gasteiger partial charge on any atom is 0.0926 e. The summed E-state index contributed by atoms with van der Waals surface area (Å²) < 4.78 is 1.91. The number of hydrogen-bond donors (Lipinski definition) is 1. The molecule has 0 radical (unpaired) electrons. The summed E-state index contributed by atoms with van der Waals surface area (Å²) in [5.74, 6) is 0. The zero-order chi connectivity index (χ0) is 18.8. The smallest absolute Gasteiger partial charge is 0.0926 e. The Bertz CT molecular complexity index is 1040. The fraction of sp³-hybridized carbons (Fsp3) is 0.217. The number of nitrogens with zero attached hydrogens (tertiary/aromatic N) is 4. The van der Waals surface area contributed by atoms with Crippen molar-refractivity contribution in [2.45, 2.75) is 18.9 Å². The Morgan fingerprint density at radius 2 is 1.96 bits per heavy atom. The van der Waals surface area contributed by atoms with E-state index in [1.54, 1.807) is 0 Å². The van der Waals surface area contributed by atoms with Crippen LogP contribution in [-0.2, 0) is 12.8 Å². The number of rotatable bonds is 5. The highest BCUT2D eigenvalue weighted by atomic mass is 15.3. The number of aromatic amines is 1. The van der Waals surface area contributed by atoms with Gasteiger partial charge in [0, 0.05) is 37.6 Å². The van der Waals surface area contributed by atoms with Crippen molar-refractivity contribution in [1.29, 1.82) is 0 Å². The average Bonchev–Trinajstić information content (AvgIpc) is 3.44. The van der Waals surface area contributed by atoms with E-state index >= 15 is 0 Å². The van der Waals surface area contributed by atoms with E-state index in [4.69, 9.17) is 4.98 Å². The summed E-state index contributed by atoms with van der Waals surface area (Å²) in [7, 11) is 0. The molecule has 0 spiro atoms. The topological polar surface area (TPSA) is 49.7 Å². The molecule has 0 saturated heterocycles. The Morgan fingerprint density at radius 1 is 1.04 bits per heavy atom. The van der Waals surface area contributed by atoms with Gasteiger partial charge in [0.05, 0.1) is 23.8 Å². The van der Waals surface area contributed by atoms with Gasteiger partial charge < -0.3 is 4.98 Å². The summed E-state index contributed by atoms with van der Waals surface area (Å²) >= 11 is 0. The van der Waals surface area contributed by atoms with E-state index < -0.39 is 0 Å². The molecule has 0 bridgehead atoms. The van der Waals surface area contributed by atoms with E-state index in [-0.39, 0.29) is 6.04 Å². The lowest BCUT2D eigenvalue weighted by molar-refractivity contribution is 0.211. The van der Waals surface area contributed by atoms with E-state index in [0.717, 1.165) is 37.3 Å². The Balaban J connectivity index is 1.48. The van der Waals surface area contributed by atoms with E-state index in [2.05, 4.69) is 69.6 Å². The van der Waals surface area contributed by atoms with Crippen molar-refractivity contribution in [2.24, 2.45) is 0 Å². The molecule has 140 valence electrons. The predicted octanol–water partition coefficient (Wildman–Crippen LogP) is 3.79. The highest BCUT2D eigenvalue weighted by molar-refractivity contribution is 5.40. The quantitative estimate of drug-likeness (QED) is 0.582. The van der Waals surface area contributed by atoms with Crippen LogP contribution in [0, 0.1) is 0 Å². The van der Waals surface area contributed by atoms with Crippen molar-refractivity contribution in [3.8, 4) is 5.69 Å². The molecule has 0 saturated carbocycles. The lowest BCUT2D eigenvalue weighted by Crippen LogP contribution is -2.37. The fourth-order valence-electron chi connectivity index (χ4n) is 4.11. The van der Waals surface area contributed by atoms with Gasteiger partial charge in [-0.3, -0.25) is 4.90 Å². The molecule has 1 N–H and O–H groups in total. The second-order valence-electron chi connectivity index (χ2n) is 7.24. The molecule has 4 aromatic rings. The van der Waals surface area contributed by atoms with Crippen LogP contribution in [0.15, 0.2) is 79.4 Å². The van der Waals surface area contributed by atoms with Gasteiger partial charge in [-0.1, -0.05) is 42.5 Å². The van der Waals surface area contributed by atoms with Crippen LogP contribution in [0.4, 0.5) is 0 Å². The number of aromatic nitrogens is 4. The maximum atomic E-state index is 4.69. The highest BCUT2D eigenvalue weighted by Crippen LogP contribution is 2.34. The monoisotopic (exact) mass is 369 g/mol. The minimum absolute atomic E-state index is 0.161. The molecular weight excluding hydrogens is 346 g/mol. The van der Waals surface area contributed by atoms with E-state index in [0.29, 0.717) is 0 Å². The maximum absolute atomic E-state index is 4.69. The van der Waals surface area contributed by atoms with Gasteiger partial charge in [-0.15, -0.1) is 0 Å². The van der Waals surface area contributed by atoms with Crippen LogP contribution in [0.3, 0.4) is 0 Å². The van der Waals surface area contributed by atoms with Gasteiger partial charge in [0.1, 0.15) is 0 Å². The molecular formula is C23H23N5. The Morgan fingerprint density at radius 3 is 2.82 bits per heavy atom. The molecule has 0 amide bonds. The normalized spacial score (nSPS) is 16.8. The number of imidazole rings is 1. The largest absolute Gasteiger partial charge is 0.348 e. The Hall–Kier alpha value is -3.18. The van der Waals surface area contributed by atoms with Crippen LogP contribution < -0.4 is 0 Å². The predicted molar refractivity (Wildman–Crippen MR) is 109 cm³/mol. The van der Waals surface area contributed by atoms with Gasteiger partial charge in [0.2, 0.25) is 0 Å². The molecule has 1 atom stereocenters. The molecule has 2 aromatic carbocycles. The summed E-state index contributed by atoms with van der Waals surface area (Å²) in [6, 6.07) is 21.5. The molecule has 5 rings (SSSR count). The third-order valence-corrected chi connectivity index (χ3v) is 5.51. The van der Waals surface area contributed by atoms with Gasteiger partial charge in [0.25, 0.3) is 0 Å². The number of hydrogen-bond acceptors (Lipinski definition) is 3. The van der Waals surface area contributed by atoms with Gasteiger partial charge in [-0.25, -0.2) is 9.67 Å². The van der Waals surface area contributed by atoms with Gasteiger partial charge in [-0.2, -0.15) is 5.10 Å². The molecule has 5 nitrogen and oxygen atoms in total. The SMILES string of the molecule is c1ccc(CCN2CCc3[nH]cnc3C2c2cccc(-n3cccn3)c2)cc1. The van der Waals surface area contributed by atoms with E-state index in [1.165, 1.54) is 16.8 Å². The van der Waals surface area contributed by atoms with Gasteiger partial charge in [-0.05, 0) is 35.7 Å². The van der Waals surface area contributed by atoms with Crippen molar-refractivity contribution in [3.63, 3.8) is 0 Å². The van der Waals surface area contributed by atoms with Crippen LogP contribution in [0.5, 0.6) is 0 Å². The second-order valence-corrected chi connectivity index (χ2v) is 7.24. The van der Waals surface area contributed by atoms with Crippen molar-refractivity contribution < 1.29 is 0 Å². The number of nitrogens with one attached hydrogen (secondary N) is 1. The Labute approximate surface area is 164 Å². The third kappa shape index (κ3) is 3.25. The standard InChI is InChI=1S/C23H23N5/c1-2-6-18(7-3-1)10-14-27-15-11-21-22(25-17-24-21)23(27)19-8-4-9-20(16-19)28-13-5-12-26-28/h1-9,12-13,16-17,23H,10-11,14-15H2,(H,24,25). The molecule has 0 fully saturated rings. The molecule has 3 heterocycles. The number of benzene rings is 2. The lowest BCUT2D eigenvalue weighted by Gasteiger charge is -2.35. The summed E-state index contributed by atoms with van der Waals surface area (Å²) in [6.45, 7) is 2.03. The summed E-state index contributed by atoms with van der Waals surface area (Å²) in [4.78, 5) is 10.6. The van der Waals surface area contributed by atoms with Crippen molar-refractivity contribution in [1.82, 2.24) is 24.6 Å². The fourth-order valence-corrected chi connectivity index (χ4v) is 4.11. The summed E-state index contributed by atoms with van der Waals surface area (Å²) in [5.41, 5.74) is 6.11. The zero-order valence-corrected chi connectivity index (χ0v) is 15.7. The lowest BCUT2D eigenvalue weighted by atomic mass is 9.94. The van der Waals surface area contributed by atoms with Crippen molar-refractivity contribution in [3.05, 3.63) is 102 Å². The highest BCUT2D eigenvalue weighted by Gasteiger charge is 2.30. The third-order valence-electron chi connectivity index (χ3n) is 5.51. The van der Waals surface area contributed by atoms with Crippen LogP contribution in [0.25, 0.3) is 5.69 Å². The van der Waals surface area contributed by atoms with Crippen LogP contribution in [0.1, 0.15) is 28.6 Å². The molecule has 1 aliphatic rings. The van der Waals surface area contributed by atoms with Gasteiger partial charge >= 0.3 is 0 Å². The molecule has 2 aromatic heterocycles. The minimum Gasteiger partial charge on any atom is -0.348 e. The second kappa shape index (κ2) is 7.44. The first kappa shape index (κ1) is 17.0. The van der Waals surface area contributed by atoms with E-state index in [1.807, 2.05) is 29.5 Å². The first-order valence-corrected chi connectivity index (χ1v) is 9.78. The number of fused-ring (bicyclic) bond motifs is 1. The molecule has 28 heavy (non-hydrogen) atoms. The van der Waals surface area contributed by atoms with Crippen LogP contribution in [-0.4, -0.2) is 37.7 Å². The Kier molecular flexibility index (Phi) is 4.51. The van der Waals surface area contributed by atoms with Crippen molar-refractivity contribution >= 4 is 0 Å². The average molecular weight is 369 g/mol. The van der Waals surface area contributed by atoms with Crippen molar-refractivity contribution in [2.75, 3.05) is 13.1 Å². The number of H-pyrrole nitrogens is 1. The zero-order valence-electron chi connectivity index (χ0n) is 15.7. The summed E-state index contributed by atoms with van der Waals surface area (Å²) in [5, 5.41) is 4.38. The van der Waals surface area contributed by atoms with E-state index in [9.17, 15) is 0 Å². The van der Waals surface area contributed by atoms with Crippen LogP contribution in [0.2, 0.25) is 0 Å². The molecule has 1 aliphatic heterocycles. The van der Waals surface area contributed by atoms with Gasteiger partial charge in [0.15, 0.2) is 0 Å². The molecule has 0 aliphatic carbocycles. The first-order valence-electron chi connectivity index (χ1n) is 9.78. The minimum atomic E-state index is 0.161. The molecule has 5 heteroatoms. The first-order chi connectivity index (χ1) is 13.9.